The lowest BCUT2D eigenvalue weighted by molar-refractivity contribution is 0.146. The van der Waals surface area contributed by atoms with Gasteiger partial charge in [0.05, 0.1) is 11.6 Å². The number of halogens is 1. The minimum absolute atomic E-state index is 0.605. The molecular formula is C13H19BrN2O2S. The lowest BCUT2D eigenvalue weighted by atomic mass is 10.3. The first-order valence-electron chi connectivity index (χ1n) is 6.13. The Labute approximate surface area is 128 Å². The van der Waals surface area contributed by atoms with Gasteiger partial charge in [-0.05, 0) is 59.7 Å². The molecule has 0 saturated carbocycles. The van der Waals surface area contributed by atoms with Gasteiger partial charge in [-0.3, -0.25) is 0 Å². The second-order valence-electron chi connectivity index (χ2n) is 3.78. The van der Waals surface area contributed by atoms with Crippen molar-refractivity contribution in [1.82, 2.24) is 5.32 Å². The Morgan fingerprint density at radius 3 is 2.84 bits per heavy atom. The van der Waals surface area contributed by atoms with E-state index in [1.807, 2.05) is 25.1 Å². The highest BCUT2D eigenvalue weighted by Crippen LogP contribution is 2.27. The number of hydrogen-bond donors (Lipinski definition) is 2. The third-order valence-electron chi connectivity index (χ3n) is 2.36. The standard InChI is InChI=1S/C13H19BrN2O2S/c1-3-18-8-4-7-15-13(19)16-10-5-6-12(17-2)11(14)9-10/h5-6,9H,3-4,7-8H2,1-2H3,(H2,15,16,19). The Bertz CT molecular complexity index is 416. The van der Waals surface area contributed by atoms with Crippen molar-refractivity contribution in [3.63, 3.8) is 0 Å². The van der Waals surface area contributed by atoms with Gasteiger partial charge in [-0.2, -0.15) is 0 Å². The average Bonchev–Trinajstić information content (AvgIpc) is 2.39. The summed E-state index contributed by atoms with van der Waals surface area (Å²) < 4.78 is 11.3. The maximum absolute atomic E-state index is 5.25. The van der Waals surface area contributed by atoms with Crippen LogP contribution in [0.5, 0.6) is 5.75 Å². The highest BCUT2D eigenvalue weighted by molar-refractivity contribution is 9.10. The summed E-state index contributed by atoms with van der Waals surface area (Å²) in [6.07, 6.45) is 0.933. The van der Waals surface area contributed by atoms with Gasteiger partial charge in [-0.25, -0.2) is 0 Å². The molecule has 6 heteroatoms. The summed E-state index contributed by atoms with van der Waals surface area (Å²) >= 11 is 8.64. The smallest absolute Gasteiger partial charge is 0.170 e. The first-order valence-corrected chi connectivity index (χ1v) is 7.33. The lowest BCUT2D eigenvalue weighted by Gasteiger charge is -2.11. The van der Waals surface area contributed by atoms with Crippen LogP contribution in [0.25, 0.3) is 0 Å². The van der Waals surface area contributed by atoms with Crippen molar-refractivity contribution >= 4 is 38.9 Å². The second kappa shape index (κ2) is 9.12. The van der Waals surface area contributed by atoms with Crippen LogP contribution in [-0.4, -0.2) is 32.0 Å². The summed E-state index contributed by atoms with van der Waals surface area (Å²) in [4.78, 5) is 0. The van der Waals surface area contributed by atoms with Crippen LogP contribution in [0.3, 0.4) is 0 Å². The van der Waals surface area contributed by atoms with Crippen molar-refractivity contribution < 1.29 is 9.47 Å². The predicted molar refractivity (Wildman–Crippen MR) is 86.0 cm³/mol. The first-order chi connectivity index (χ1) is 9.17. The van der Waals surface area contributed by atoms with Crippen LogP contribution in [-0.2, 0) is 4.74 Å². The number of methoxy groups -OCH3 is 1. The highest BCUT2D eigenvalue weighted by Gasteiger charge is 2.02. The molecule has 0 aromatic heterocycles. The summed E-state index contributed by atoms with van der Waals surface area (Å²) in [7, 11) is 1.64. The van der Waals surface area contributed by atoms with Gasteiger partial charge in [0.2, 0.25) is 0 Å². The number of thiocarbonyl (C=S) groups is 1. The molecule has 1 rings (SSSR count). The van der Waals surface area contributed by atoms with Crippen LogP contribution in [0.4, 0.5) is 5.69 Å². The Morgan fingerprint density at radius 2 is 2.21 bits per heavy atom. The lowest BCUT2D eigenvalue weighted by Crippen LogP contribution is -2.29. The maximum atomic E-state index is 5.25. The predicted octanol–water partition coefficient (Wildman–Crippen LogP) is 3.17. The topological polar surface area (TPSA) is 42.5 Å². The number of anilines is 1. The number of ether oxygens (including phenoxy) is 2. The van der Waals surface area contributed by atoms with Crippen molar-refractivity contribution in [2.24, 2.45) is 0 Å². The van der Waals surface area contributed by atoms with Gasteiger partial charge in [0.15, 0.2) is 5.11 Å². The normalized spacial score (nSPS) is 10.1. The summed E-state index contributed by atoms with van der Waals surface area (Å²) in [6, 6.07) is 5.72. The van der Waals surface area contributed by atoms with Crippen LogP contribution >= 0.6 is 28.1 Å². The molecule has 0 unspecified atom stereocenters. The molecule has 0 aliphatic carbocycles. The van der Waals surface area contributed by atoms with Crippen LogP contribution in [0.2, 0.25) is 0 Å². The van der Waals surface area contributed by atoms with E-state index in [1.54, 1.807) is 7.11 Å². The Kier molecular flexibility index (Phi) is 7.78. The van der Waals surface area contributed by atoms with Crippen LogP contribution in [0.1, 0.15) is 13.3 Å². The minimum atomic E-state index is 0.605. The van der Waals surface area contributed by atoms with E-state index in [0.717, 1.165) is 42.1 Å². The monoisotopic (exact) mass is 346 g/mol. The zero-order valence-corrected chi connectivity index (χ0v) is 13.6. The average molecular weight is 347 g/mol. The Hall–Kier alpha value is -0.850. The van der Waals surface area contributed by atoms with E-state index in [1.165, 1.54) is 0 Å². The van der Waals surface area contributed by atoms with Crippen molar-refractivity contribution in [2.45, 2.75) is 13.3 Å². The number of benzene rings is 1. The molecule has 0 fully saturated rings. The zero-order valence-electron chi connectivity index (χ0n) is 11.2. The van der Waals surface area contributed by atoms with Gasteiger partial charge in [-0.15, -0.1) is 0 Å². The van der Waals surface area contributed by atoms with Gasteiger partial charge >= 0.3 is 0 Å². The third kappa shape index (κ3) is 6.22. The molecule has 19 heavy (non-hydrogen) atoms. The van der Waals surface area contributed by atoms with Gasteiger partial charge in [0.25, 0.3) is 0 Å². The molecule has 0 spiro atoms. The summed E-state index contributed by atoms with van der Waals surface area (Å²) in [5, 5.41) is 6.86. The molecule has 1 aromatic carbocycles. The van der Waals surface area contributed by atoms with Crippen molar-refractivity contribution in [1.29, 1.82) is 0 Å². The molecule has 106 valence electrons. The number of hydrogen-bond acceptors (Lipinski definition) is 3. The van der Waals surface area contributed by atoms with Gasteiger partial charge < -0.3 is 20.1 Å². The highest BCUT2D eigenvalue weighted by atomic mass is 79.9. The fourth-order valence-corrected chi connectivity index (χ4v) is 2.20. The Balaban J connectivity index is 2.34. The molecule has 2 N–H and O–H groups in total. The minimum Gasteiger partial charge on any atom is -0.496 e. The molecule has 0 heterocycles. The molecular weight excluding hydrogens is 328 g/mol. The van der Waals surface area contributed by atoms with Gasteiger partial charge in [0, 0.05) is 25.4 Å². The third-order valence-corrected chi connectivity index (χ3v) is 3.23. The fraction of sp³-hybridized carbons (Fsp3) is 0.462. The molecule has 0 atom stereocenters. The van der Waals surface area contributed by atoms with Crippen molar-refractivity contribution in [3.8, 4) is 5.75 Å². The molecule has 0 amide bonds. The Morgan fingerprint density at radius 1 is 1.42 bits per heavy atom. The molecule has 0 aliphatic heterocycles. The van der Waals surface area contributed by atoms with E-state index < -0.39 is 0 Å². The molecule has 4 nitrogen and oxygen atoms in total. The van der Waals surface area contributed by atoms with E-state index in [2.05, 4.69) is 26.6 Å². The molecule has 1 aromatic rings. The van der Waals surface area contributed by atoms with Gasteiger partial charge in [0.1, 0.15) is 5.75 Å². The van der Waals surface area contributed by atoms with E-state index in [-0.39, 0.29) is 0 Å². The van der Waals surface area contributed by atoms with E-state index >= 15 is 0 Å². The first kappa shape index (κ1) is 16.2. The number of rotatable bonds is 7. The van der Waals surface area contributed by atoms with Crippen LogP contribution in [0, 0.1) is 0 Å². The fourth-order valence-electron chi connectivity index (χ4n) is 1.44. The number of nitrogens with one attached hydrogen (secondary N) is 2. The van der Waals surface area contributed by atoms with Crippen LogP contribution in [0.15, 0.2) is 22.7 Å². The zero-order chi connectivity index (χ0) is 14.1. The quantitative estimate of drug-likeness (QED) is 0.586. The SMILES string of the molecule is CCOCCCNC(=S)Nc1ccc(OC)c(Br)c1. The molecule has 0 saturated heterocycles. The van der Waals surface area contributed by atoms with Crippen molar-refractivity contribution in [2.75, 3.05) is 32.2 Å². The maximum Gasteiger partial charge on any atom is 0.170 e. The summed E-state index contributed by atoms with van der Waals surface area (Å²) in [5.41, 5.74) is 0.912. The van der Waals surface area contributed by atoms with E-state index in [0.29, 0.717) is 5.11 Å². The van der Waals surface area contributed by atoms with E-state index in [9.17, 15) is 0 Å². The molecule has 0 radical (unpaired) electrons. The second-order valence-corrected chi connectivity index (χ2v) is 5.04. The van der Waals surface area contributed by atoms with E-state index in [4.69, 9.17) is 21.7 Å². The summed E-state index contributed by atoms with van der Waals surface area (Å²) in [6.45, 7) is 4.28. The summed E-state index contributed by atoms with van der Waals surface area (Å²) in [5.74, 6) is 0.793. The molecule has 0 aliphatic rings. The van der Waals surface area contributed by atoms with Gasteiger partial charge in [-0.1, -0.05) is 0 Å². The van der Waals surface area contributed by atoms with Crippen molar-refractivity contribution in [3.05, 3.63) is 22.7 Å². The largest absolute Gasteiger partial charge is 0.496 e. The molecule has 0 bridgehead atoms. The van der Waals surface area contributed by atoms with Crippen LogP contribution < -0.4 is 15.4 Å².